The summed E-state index contributed by atoms with van der Waals surface area (Å²) in [4.78, 5) is 31.2. The molecule has 0 unspecified atom stereocenters. The van der Waals surface area contributed by atoms with Gasteiger partial charge in [-0.3, -0.25) is 9.59 Å². The van der Waals surface area contributed by atoms with Crippen LogP contribution >= 0.6 is 23.2 Å². The monoisotopic (exact) mass is 430 g/mol. The number of benzene rings is 2. The molecule has 0 radical (unpaired) electrons. The lowest BCUT2D eigenvalue weighted by Gasteiger charge is -2.09. The maximum absolute atomic E-state index is 12.2. The van der Waals surface area contributed by atoms with Crippen LogP contribution in [0.3, 0.4) is 0 Å². The Bertz CT molecular complexity index is 1040. The first-order valence-electron chi connectivity index (χ1n) is 8.50. The van der Waals surface area contributed by atoms with Crippen LogP contribution in [0.5, 0.6) is 11.6 Å². The Morgan fingerprint density at radius 3 is 2.41 bits per heavy atom. The molecule has 1 heterocycles. The second-order valence-corrected chi connectivity index (χ2v) is 6.84. The zero-order valence-corrected chi connectivity index (χ0v) is 16.8. The van der Waals surface area contributed by atoms with Gasteiger partial charge in [0.15, 0.2) is 0 Å². The van der Waals surface area contributed by atoms with Gasteiger partial charge in [-0.15, -0.1) is 0 Å². The fraction of sp³-hybridized carbons (Fsp3) is 0.100. The molecule has 0 aliphatic heterocycles. The van der Waals surface area contributed by atoms with E-state index in [0.717, 1.165) is 5.56 Å². The molecule has 0 bridgehead atoms. The highest BCUT2D eigenvalue weighted by atomic mass is 35.5. The minimum Gasteiger partial charge on any atom is -0.439 e. The Morgan fingerprint density at radius 1 is 0.966 bits per heavy atom. The summed E-state index contributed by atoms with van der Waals surface area (Å²) < 4.78 is 5.64. The molecule has 0 saturated carbocycles. The van der Waals surface area contributed by atoms with E-state index in [0.29, 0.717) is 27.3 Å². The van der Waals surface area contributed by atoms with Gasteiger partial charge < -0.3 is 15.4 Å². The summed E-state index contributed by atoms with van der Waals surface area (Å²) in [6.07, 6.45) is 1.46. The van der Waals surface area contributed by atoms with Gasteiger partial charge in [0.25, 0.3) is 0 Å². The lowest BCUT2D eigenvalue weighted by atomic mass is 10.1. The molecule has 2 aromatic carbocycles. The number of hydrogen-bond acceptors (Lipinski definition) is 5. The molecular formula is C20H16Cl2N4O3. The Labute approximate surface area is 177 Å². The van der Waals surface area contributed by atoms with E-state index >= 15 is 0 Å². The molecule has 1 aromatic heterocycles. The molecule has 148 valence electrons. The van der Waals surface area contributed by atoms with Crippen molar-refractivity contribution in [2.75, 3.05) is 10.6 Å². The van der Waals surface area contributed by atoms with Crippen molar-refractivity contribution in [2.45, 2.75) is 13.3 Å². The summed E-state index contributed by atoms with van der Waals surface area (Å²) in [6.45, 7) is 1.39. The van der Waals surface area contributed by atoms with Crippen molar-refractivity contribution < 1.29 is 14.3 Å². The molecule has 0 fully saturated rings. The van der Waals surface area contributed by atoms with Gasteiger partial charge in [0.1, 0.15) is 17.9 Å². The third-order valence-corrected chi connectivity index (χ3v) is 4.39. The van der Waals surface area contributed by atoms with Gasteiger partial charge in [-0.05, 0) is 42.0 Å². The maximum atomic E-state index is 12.2. The van der Waals surface area contributed by atoms with Gasteiger partial charge in [0, 0.05) is 18.7 Å². The third kappa shape index (κ3) is 6.17. The summed E-state index contributed by atoms with van der Waals surface area (Å²) >= 11 is 11.8. The summed E-state index contributed by atoms with van der Waals surface area (Å²) in [7, 11) is 0. The Morgan fingerprint density at radius 2 is 1.72 bits per heavy atom. The molecule has 0 spiro atoms. The number of nitrogens with zero attached hydrogens (tertiary/aromatic N) is 2. The molecule has 0 saturated heterocycles. The zero-order chi connectivity index (χ0) is 20.8. The van der Waals surface area contributed by atoms with Crippen LogP contribution in [0.1, 0.15) is 12.5 Å². The summed E-state index contributed by atoms with van der Waals surface area (Å²) in [5.41, 5.74) is 1.37. The lowest BCUT2D eigenvalue weighted by molar-refractivity contribution is -0.116. The highest BCUT2D eigenvalue weighted by Crippen LogP contribution is 2.24. The van der Waals surface area contributed by atoms with Crippen molar-refractivity contribution in [3.8, 4) is 11.6 Å². The van der Waals surface area contributed by atoms with Crippen LogP contribution < -0.4 is 15.4 Å². The Balaban J connectivity index is 1.59. The molecular weight excluding hydrogens is 415 g/mol. The number of amides is 2. The van der Waals surface area contributed by atoms with Crippen LogP contribution in [0.4, 0.5) is 11.5 Å². The van der Waals surface area contributed by atoms with Crippen molar-refractivity contribution in [1.29, 1.82) is 0 Å². The third-order valence-electron chi connectivity index (χ3n) is 3.66. The van der Waals surface area contributed by atoms with Gasteiger partial charge >= 0.3 is 0 Å². The molecule has 7 nitrogen and oxygen atoms in total. The molecule has 2 amide bonds. The van der Waals surface area contributed by atoms with Gasteiger partial charge in [0.2, 0.25) is 17.7 Å². The number of hydrogen-bond donors (Lipinski definition) is 2. The highest BCUT2D eigenvalue weighted by molar-refractivity contribution is 6.42. The number of carbonyl (C=O) groups is 2. The summed E-state index contributed by atoms with van der Waals surface area (Å²) in [6, 6.07) is 13.4. The first-order valence-corrected chi connectivity index (χ1v) is 9.26. The number of carbonyl (C=O) groups excluding carboxylic acids is 2. The summed E-state index contributed by atoms with van der Waals surface area (Å²) in [5, 5.41) is 6.21. The maximum Gasteiger partial charge on any atom is 0.228 e. The number of anilines is 2. The van der Waals surface area contributed by atoms with Crippen molar-refractivity contribution in [3.63, 3.8) is 0 Å². The van der Waals surface area contributed by atoms with E-state index in [4.69, 9.17) is 27.9 Å². The average molecular weight is 431 g/mol. The van der Waals surface area contributed by atoms with Crippen LogP contribution in [-0.2, 0) is 16.0 Å². The van der Waals surface area contributed by atoms with E-state index in [2.05, 4.69) is 20.6 Å². The van der Waals surface area contributed by atoms with Gasteiger partial charge in [-0.1, -0.05) is 29.3 Å². The van der Waals surface area contributed by atoms with E-state index in [1.807, 2.05) is 0 Å². The van der Waals surface area contributed by atoms with Crippen LogP contribution in [-0.4, -0.2) is 21.8 Å². The van der Waals surface area contributed by atoms with Gasteiger partial charge in [-0.25, -0.2) is 9.97 Å². The van der Waals surface area contributed by atoms with Crippen molar-refractivity contribution in [1.82, 2.24) is 9.97 Å². The minimum absolute atomic E-state index is 0.169. The number of nitrogens with one attached hydrogen (secondary N) is 2. The molecule has 9 heteroatoms. The lowest BCUT2D eigenvalue weighted by Crippen LogP contribution is -2.14. The van der Waals surface area contributed by atoms with Crippen molar-refractivity contribution >= 4 is 46.5 Å². The number of ether oxygens (including phenoxy) is 1. The number of rotatable bonds is 6. The predicted octanol–water partition coefficient (Wildman–Crippen LogP) is 4.72. The van der Waals surface area contributed by atoms with Crippen LogP contribution in [0, 0.1) is 0 Å². The molecule has 0 aliphatic carbocycles. The first kappa shape index (κ1) is 20.6. The molecule has 3 rings (SSSR count). The van der Waals surface area contributed by atoms with Crippen molar-refractivity contribution in [2.24, 2.45) is 0 Å². The SMILES string of the molecule is CC(=O)Nc1cc(Oc2ccc(NC(=O)Cc3ccc(Cl)c(Cl)c3)cc2)ncn1. The van der Waals surface area contributed by atoms with Crippen LogP contribution in [0.25, 0.3) is 0 Å². The number of halogens is 2. The second-order valence-electron chi connectivity index (χ2n) is 6.02. The summed E-state index contributed by atoms with van der Waals surface area (Å²) in [5.74, 6) is 0.706. The zero-order valence-electron chi connectivity index (χ0n) is 15.3. The van der Waals surface area contributed by atoms with Gasteiger partial charge in [0.05, 0.1) is 16.5 Å². The van der Waals surface area contributed by atoms with E-state index in [1.165, 1.54) is 19.3 Å². The Hall–Kier alpha value is -3.16. The molecule has 3 aromatic rings. The average Bonchev–Trinajstić information content (AvgIpc) is 2.66. The smallest absolute Gasteiger partial charge is 0.228 e. The van der Waals surface area contributed by atoms with Crippen molar-refractivity contribution in [3.05, 3.63) is 70.5 Å². The quantitative estimate of drug-likeness (QED) is 0.590. The molecule has 29 heavy (non-hydrogen) atoms. The van der Waals surface area contributed by atoms with E-state index < -0.39 is 0 Å². The fourth-order valence-electron chi connectivity index (χ4n) is 2.41. The largest absolute Gasteiger partial charge is 0.439 e. The van der Waals surface area contributed by atoms with Crippen LogP contribution in [0.2, 0.25) is 10.0 Å². The molecule has 2 N–H and O–H groups in total. The first-order chi connectivity index (χ1) is 13.9. The van der Waals surface area contributed by atoms with E-state index in [-0.39, 0.29) is 24.1 Å². The normalized spacial score (nSPS) is 10.3. The predicted molar refractivity (Wildman–Crippen MR) is 112 cm³/mol. The highest BCUT2D eigenvalue weighted by Gasteiger charge is 2.07. The van der Waals surface area contributed by atoms with Crippen LogP contribution in [0.15, 0.2) is 54.9 Å². The molecule has 0 aliphatic rings. The molecule has 0 atom stereocenters. The van der Waals surface area contributed by atoms with E-state index in [9.17, 15) is 9.59 Å². The Kier molecular flexibility index (Phi) is 6.64. The minimum atomic E-state index is -0.240. The second kappa shape index (κ2) is 9.36. The number of aromatic nitrogens is 2. The fourth-order valence-corrected chi connectivity index (χ4v) is 2.73. The topological polar surface area (TPSA) is 93.2 Å². The van der Waals surface area contributed by atoms with E-state index in [1.54, 1.807) is 42.5 Å². The van der Waals surface area contributed by atoms with Gasteiger partial charge in [-0.2, -0.15) is 0 Å². The standard InChI is InChI=1S/C20H16Cl2N4O3/c1-12(27)25-18-10-20(24-11-23-18)29-15-5-3-14(4-6-15)26-19(28)9-13-2-7-16(21)17(22)8-13/h2-8,10-11H,9H2,1H3,(H,26,28)(H,23,24,25,27).